The number of nitrogens with zero attached hydrogens (tertiary/aromatic N) is 2. The summed E-state index contributed by atoms with van der Waals surface area (Å²) in [4.78, 5) is 2.74. The van der Waals surface area contributed by atoms with Crippen molar-refractivity contribution in [1.29, 1.82) is 0 Å². The number of alkyl halides is 1. The zero-order chi connectivity index (χ0) is 10.7. The molecule has 0 amide bonds. The Morgan fingerprint density at radius 3 is 2.80 bits per heavy atom. The molecule has 0 aliphatic heterocycles. The molecule has 0 aliphatic rings. The largest absolute Gasteiger partial charge is 0.462 e. The predicted octanol–water partition coefficient (Wildman–Crippen LogP) is 1.36. The first kappa shape index (κ1) is 9.45. The van der Waals surface area contributed by atoms with E-state index < -0.39 is 6.86 Å². The van der Waals surface area contributed by atoms with Crippen molar-refractivity contribution in [2.45, 2.75) is 0 Å². The Hall–Kier alpha value is -2.11. The van der Waals surface area contributed by atoms with Crippen LogP contribution in [0, 0.1) is 0 Å². The lowest BCUT2D eigenvalue weighted by molar-refractivity contribution is 0.192. The first-order valence-electron chi connectivity index (χ1n) is 4.27. The summed E-state index contributed by atoms with van der Waals surface area (Å²) in [7, 11) is 0. The Bertz CT molecular complexity index is 457. The third-order valence-corrected chi connectivity index (χ3v) is 1.86. The molecule has 0 spiro atoms. The minimum Gasteiger partial charge on any atom is -0.462 e. The van der Waals surface area contributed by atoms with E-state index in [9.17, 15) is 4.39 Å². The zero-order valence-electron chi connectivity index (χ0n) is 7.77. The third kappa shape index (κ3) is 1.88. The van der Waals surface area contributed by atoms with Gasteiger partial charge in [0.1, 0.15) is 5.75 Å². The molecule has 0 unspecified atom stereocenters. The van der Waals surface area contributed by atoms with Crippen molar-refractivity contribution in [2.75, 3.05) is 12.6 Å². The minimum absolute atomic E-state index is 0.208. The Labute approximate surface area is 85.1 Å². The van der Waals surface area contributed by atoms with Gasteiger partial charge in [-0.25, -0.2) is 4.39 Å². The maximum Gasteiger partial charge on any atom is 0.228 e. The van der Waals surface area contributed by atoms with Crippen molar-refractivity contribution in [1.82, 2.24) is 15.2 Å². The van der Waals surface area contributed by atoms with Crippen LogP contribution in [0.15, 0.2) is 24.3 Å². The molecular weight excluding hydrogens is 199 g/mol. The SMILES string of the molecule is Nc1nnc(-c2ccccc2OCF)[nH]1. The van der Waals surface area contributed by atoms with Crippen LogP contribution in [0.5, 0.6) is 5.75 Å². The molecule has 0 atom stereocenters. The van der Waals surface area contributed by atoms with E-state index in [0.717, 1.165) is 0 Å². The van der Waals surface area contributed by atoms with E-state index in [1.54, 1.807) is 24.3 Å². The number of anilines is 1. The molecular formula is C9H9FN4O. The molecule has 6 heteroatoms. The van der Waals surface area contributed by atoms with Gasteiger partial charge >= 0.3 is 0 Å². The lowest BCUT2D eigenvalue weighted by atomic mass is 10.2. The van der Waals surface area contributed by atoms with Crippen LogP contribution in [0.2, 0.25) is 0 Å². The maximum absolute atomic E-state index is 12.1. The summed E-state index contributed by atoms with van der Waals surface area (Å²) in [5, 5.41) is 7.41. The van der Waals surface area contributed by atoms with Crippen LogP contribution in [0.1, 0.15) is 0 Å². The van der Waals surface area contributed by atoms with Crippen molar-refractivity contribution in [3.05, 3.63) is 24.3 Å². The minimum atomic E-state index is -0.888. The van der Waals surface area contributed by atoms with Crippen molar-refractivity contribution < 1.29 is 9.13 Å². The number of nitrogens with one attached hydrogen (secondary N) is 1. The molecule has 1 heterocycles. The fourth-order valence-corrected chi connectivity index (χ4v) is 1.24. The molecule has 2 rings (SSSR count). The number of ether oxygens (including phenoxy) is 1. The van der Waals surface area contributed by atoms with E-state index in [1.807, 2.05) is 0 Å². The second-order valence-corrected chi connectivity index (χ2v) is 2.81. The topological polar surface area (TPSA) is 76.8 Å². The standard InChI is InChI=1S/C9H9FN4O/c10-5-15-7-4-2-1-3-6(7)8-12-9(11)14-13-8/h1-4H,5H2,(H3,11,12,13,14). The molecule has 3 N–H and O–H groups in total. The van der Waals surface area contributed by atoms with Gasteiger partial charge in [0.25, 0.3) is 0 Å². The molecule has 0 aliphatic carbocycles. The van der Waals surface area contributed by atoms with E-state index in [1.165, 1.54) is 0 Å². The number of rotatable bonds is 3. The number of nitrogen functional groups attached to an aromatic ring is 1. The average molecular weight is 208 g/mol. The van der Waals surface area contributed by atoms with Gasteiger partial charge in [-0.1, -0.05) is 12.1 Å². The van der Waals surface area contributed by atoms with E-state index in [-0.39, 0.29) is 5.95 Å². The van der Waals surface area contributed by atoms with E-state index in [4.69, 9.17) is 10.5 Å². The van der Waals surface area contributed by atoms with Gasteiger partial charge in [-0.05, 0) is 12.1 Å². The number of hydrogen-bond donors (Lipinski definition) is 2. The van der Waals surface area contributed by atoms with E-state index in [2.05, 4.69) is 15.2 Å². The van der Waals surface area contributed by atoms with Crippen molar-refractivity contribution in [2.24, 2.45) is 0 Å². The van der Waals surface area contributed by atoms with Gasteiger partial charge in [-0.2, -0.15) is 0 Å². The molecule has 5 nitrogen and oxygen atoms in total. The molecule has 0 saturated carbocycles. The van der Waals surface area contributed by atoms with Crippen molar-refractivity contribution >= 4 is 5.95 Å². The fourth-order valence-electron chi connectivity index (χ4n) is 1.24. The van der Waals surface area contributed by atoms with E-state index in [0.29, 0.717) is 17.1 Å². The highest BCUT2D eigenvalue weighted by Crippen LogP contribution is 2.27. The summed E-state index contributed by atoms with van der Waals surface area (Å²) in [5.41, 5.74) is 6.02. The number of halogens is 1. The second-order valence-electron chi connectivity index (χ2n) is 2.81. The molecule has 2 aromatic rings. The number of aromatic nitrogens is 3. The van der Waals surface area contributed by atoms with E-state index >= 15 is 0 Å². The van der Waals surface area contributed by atoms with Crippen molar-refractivity contribution in [3.63, 3.8) is 0 Å². The predicted molar refractivity (Wildman–Crippen MR) is 52.8 cm³/mol. The van der Waals surface area contributed by atoms with Crippen LogP contribution >= 0.6 is 0 Å². The highest BCUT2D eigenvalue weighted by molar-refractivity contribution is 5.64. The van der Waals surface area contributed by atoms with Gasteiger partial charge in [0, 0.05) is 0 Å². The molecule has 1 aromatic carbocycles. The summed E-state index contributed by atoms with van der Waals surface area (Å²) in [6, 6.07) is 6.92. The van der Waals surface area contributed by atoms with Gasteiger partial charge in [0.15, 0.2) is 5.82 Å². The van der Waals surface area contributed by atoms with Gasteiger partial charge in [-0.3, -0.25) is 0 Å². The summed E-state index contributed by atoms with van der Waals surface area (Å²) < 4.78 is 16.9. The van der Waals surface area contributed by atoms with Crippen LogP contribution in [-0.4, -0.2) is 22.0 Å². The van der Waals surface area contributed by atoms with Crippen molar-refractivity contribution in [3.8, 4) is 17.1 Å². The molecule has 1 aromatic heterocycles. The first-order valence-corrected chi connectivity index (χ1v) is 4.27. The normalized spacial score (nSPS) is 10.2. The number of para-hydroxylation sites is 1. The van der Waals surface area contributed by atoms with Gasteiger partial charge in [-0.15, -0.1) is 10.2 Å². The van der Waals surface area contributed by atoms with Crippen LogP contribution in [-0.2, 0) is 0 Å². The molecule has 15 heavy (non-hydrogen) atoms. The second kappa shape index (κ2) is 3.95. The number of benzene rings is 1. The highest BCUT2D eigenvalue weighted by Gasteiger charge is 2.09. The smallest absolute Gasteiger partial charge is 0.228 e. The third-order valence-electron chi connectivity index (χ3n) is 1.86. The molecule has 0 saturated heterocycles. The van der Waals surface area contributed by atoms with Gasteiger partial charge in [0.05, 0.1) is 5.56 Å². The number of aromatic amines is 1. The Morgan fingerprint density at radius 1 is 1.33 bits per heavy atom. The molecule has 0 radical (unpaired) electrons. The Morgan fingerprint density at radius 2 is 2.13 bits per heavy atom. The number of nitrogens with two attached hydrogens (primary N) is 1. The van der Waals surface area contributed by atoms with Crippen LogP contribution in [0.4, 0.5) is 10.3 Å². The number of hydrogen-bond acceptors (Lipinski definition) is 4. The quantitative estimate of drug-likeness (QED) is 0.798. The number of H-pyrrole nitrogens is 1. The van der Waals surface area contributed by atoms with Gasteiger partial charge < -0.3 is 15.5 Å². The molecule has 0 bridgehead atoms. The maximum atomic E-state index is 12.1. The average Bonchev–Trinajstić information content (AvgIpc) is 2.66. The van der Waals surface area contributed by atoms with Crippen LogP contribution < -0.4 is 10.5 Å². The zero-order valence-corrected chi connectivity index (χ0v) is 7.77. The fraction of sp³-hybridized carbons (Fsp3) is 0.111. The first-order chi connectivity index (χ1) is 7.31. The van der Waals surface area contributed by atoms with Crippen LogP contribution in [0.25, 0.3) is 11.4 Å². The molecule has 0 fully saturated rings. The highest BCUT2D eigenvalue weighted by atomic mass is 19.1. The summed E-state index contributed by atoms with van der Waals surface area (Å²) >= 11 is 0. The molecule has 78 valence electrons. The lowest BCUT2D eigenvalue weighted by Crippen LogP contribution is -1.93. The van der Waals surface area contributed by atoms with Gasteiger partial charge in [0.2, 0.25) is 12.8 Å². The summed E-state index contributed by atoms with van der Waals surface area (Å²) in [6.07, 6.45) is 0. The lowest BCUT2D eigenvalue weighted by Gasteiger charge is -2.05. The Balaban J connectivity index is 2.42. The summed E-state index contributed by atoms with van der Waals surface area (Å²) in [6.45, 7) is -0.888. The Kier molecular flexibility index (Phi) is 2.49. The monoisotopic (exact) mass is 208 g/mol. The van der Waals surface area contributed by atoms with Crippen LogP contribution in [0.3, 0.4) is 0 Å². The summed E-state index contributed by atoms with van der Waals surface area (Å²) in [5.74, 6) is 1.06.